The van der Waals surface area contributed by atoms with E-state index in [0.29, 0.717) is 31.4 Å². The lowest BCUT2D eigenvalue weighted by atomic mass is 10.1. The molecule has 2 aromatic heterocycles. The molecular weight excluding hydrogens is 378 g/mol. The summed E-state index contributed by atoms with van der Waals surface area (Å²) >= 11 is 0. The molecule has 148 valence electrons. The van der Waals surface area contributed by atoms with Crippen LogP contribution in [-0.4, -0.2) is 45.0 Å². The zero-order valence-electron chi connectivity index (χ0n) is 15.6. The second-order valence-corrected chi connectivity index (χ2v) is 7.43. The van der Waals surface area contributed by atoms with Crippen LogP contribution in [0.15, 0.2) is 29.0 Å². The Morgan fingerprint density at radius 3 is 2.86 bits per heavy atom. The molecule has 28 heavy (non-hydrogen) atoms. The van der Waals surface area contributed by atoms with Crippen LogP contribution in [0.4, 0.5) is 11.7 Å². The number of nitrogens with one attached hydrogen (secondary N) is 1. The smallest absolute Gasteiger partial charge is 0.298 e. The molecule has 0 unspecified atom stereocenters. The average Bonchev–Trinajstić information content (AvgIpc) is 3.03. The Morgan fingerprint density at radius 2 is 2.14 bits per heavy atom. The van der Waals surface area contributed by atoms with E-state index in [1.807, 2.05) is 24.2 Å². The molecule has 2 fully saturated rings. The van der Waals surface area contributed by atoms with Crippen molar-refractivity contribution in [3.63, 3.8) is 0 Å². The standard InChI is InChI=1S/C19H21N5O3.H2S/c1-23-8-12-6-16(14(11-2-3-11)7-15(12)22-23)20-18(26)17-10-27-19(21-17)24-5-4-13(25)9-24;/h6-8,10-11,13,25H,2-5,9H2,1H3,(H,20,26);1H2/t13-;/m0./s1. The van der Waals surface area contributed by atoms with Crippen LogP contribution in [0.1, 0.15) is 41.2 Å². The number of nitrogens with zero attached hydrogens (tertiary/aromatic N) is 4. The number of fused-ring (bicyclic) bond motifs is 1. The van der Waals surface area contributed by atoms with Crippen molar-refractivity contribution in [2.24, 2.45) is 7.05 Å². The average molecular weight is 401 g/mol. The van der Waals surface area contributed by atoms with Crippen LogP contribution in [0.5, 0.6) is 0 Å². The molecule has 9 heteroatoms. The van der Waals surface area contributed by atoms with Gasteiger partial charge in [0.05, 0.1) is 11.6 Å². The highest BCUT2D eigenvalue weighted by atomic mass is 32.1. The molecule has 3 aromatic rings. The highest BCUT2D eigenvalue weighted by molar-refractivity contribution is 7.59. The highest BCUT2D eigenvalue weighted by Gasteiger charge is 2.29. The summed E-state index contributed by atoms with van der Waals surface area (Å²) in [7, 11) is 1.89. The van der Waals surface area contributed by atoms with Gasteiger partial charge in [0.25, 0.3) is 11.9 Å². The number of aromatic nitrogens is 3. The van der Waals surface area contributed by atoms with Crippen molar-refractivity contribution in [1.29, 1.82) is 0 Å². The van der Waals surface area contributed by atoms with Crippen LogP contribution in [0.3, 0.4) is 0 Å². The van der Waals surface area contributed by atoms with E-state index in [2.05, 4.69) is 21.5 Å². The van der Waals surface area contributed by atoms with Gasteiger partial charge < -0.3 is 19.7 Å². The first-order valence-electron chi connectivity index (χ1n) is 9.24. The molecule has 3 heterocycles. The summed E-state index contributed by atoms with van der Waals surface area (Å²) in [6, 6.07) is 4.43. The first-order chi connectivity index (χ1) is 13.1. The molecule has 0 spiro atoms. The largest absolute Gasteiger partial charge is 0.431 e. The number of hydrogen-bond acceptors (Lipinski definition) is 6. The lowest BCUT2D eigenvalue weighted by Crippen LogP contribution is -2.21. The second kappa shape index (κ2) is 7.14. The summed E-state index contributed by atoms with van der Waals surface area (Å²) in [5.41, 5.74) is 3.11. The normalized spacial score (nSPS) is 19.1. The molecular formula is C19H23N5O3S. The molecule has 1 atom stereocenters. The third-order valence-corrected chi connectivity index (χ3v) is 5.21. The topological polar surface area (TPSA) is 96.4 Å². The van der Waals surface area contributed by atoms with Gasteiger partial charge in [0.1, 0.15) is 6.26 Å². The maximum absolute atomic E-state index is 12.7. The Labute approximate surface area is 169 Å². The fraction of sp³-hybridized carbons (Fsp3) is 0.421. The van der Waals surface area contributed by atoms with Crippen LogP contribution >= 0.6 is 13.5 Å². The predicted octanol–water partition coefficient (Wildman–Crippen LogP) is 2.37. The van der Waals surface area contributed by atoms with E-state index in [9.17, 15) is 9.90 Å². The number of β-amino-alcohol motifs (C(OH)–C–C–N with tert-alkyl or cyclic N) is 1. The summed E-state index contributed by atoms with van der Waals surface area (Å²) < 4.78 is 7.23. The van der Waals surface area contributed by atoms with Gasteiger partial charge in [-0.15, -0.1) is 0 Å². The maximum atomic E-state index is 12.7. The second-order valence-electron chi connectivity index (χ2n) is 7.43. The zero-order chi connectivity index (χ0) is 18.5. The Bertz CT molecular complexity index is 1030. The van der Waals surface area contributed by atoms with Gasteiger partial charge in [-0.25, -0.2) is 0 Å². The predicted molar refractivity (Wildman–Crippen MR) is 110 cm³/mol. The molecule has 0 bridgehead atoms. The number of carbonyl (C=O) groups excluding carboxylic acids is 1. The first-order valence-corrected chi connectivity index (χ1v) is 9.24. The molecule has 2 N–H and O–H groups in total. The van der Waals surface area contributed by atoms with Crippen molar-refractivity contribution in [3.05, 3.63) is 35.9 Å². The van der Waals surface area contributed by atoms with Crippen LogP contribution in [-0.2, 0) is 7.05 Å². The molecule has 8 nitrogen and oxygen atoms in total. The molecule has 1 amide bonds. The summed E-state index contributed by atoms with van der Waals surface area (Å²) in [5, 5.41) is 18.1. The Kier molecular flexibility index (Phi) is 4.80. The van der Waals surface area contributed by atoms with Gasteiger partial charge in [0.15, 0.2) is 5.69 Å². The molecule has 1 saturated heterocycles. The summed E-state index contributed by atoms with van der Waals surface area (Å²) in [4.78, 5) is 18.9. The van der Waals surface area contributed by atoms with E-state index in [-0.39, 0.29) is 31.2 Å². The van der Waals surface area contributed by atoms with Gasteiger partial charge >= 0.3 is 0 Å². The summed E-state index contributed by atoms with van der Waals surface area (Å²) in [6.07, 6.45) is 5.88. The minimum Gasteiger partial charge on any atom is -0.431 e. The number of rotatable bonds is 4. The Morgan fingerprint density at radius 1 is 1.32 bits per heavy atom. The maximum Gasteiger partial charge on any atom is 0.298 e. The zero-order valence-corrected chi connectivity index (χ0v) is 16.6. The first kappa shape index (κ1) is 18.8. The third-order valence-electron chi connectivity index (χ3n) is 5.21. The number of benzene rings is 1. The molecule has 1 aromatic carbocycles. The molecule has 1 aliphatic carbocycles. The highest BCUT2D eigenvalue weighted by Crippen LogP contribution is 2.44. The van der Waals surface area contributed by atoms with E-state index >= 15 is 0 Å². The van der Waals surface area contributed by atoms with Crippen molar-refractivity contribution in [2.45, 2.75) is 31.3 Å². The third kappa shape index (κ3) is 3.47. The van der Waals surface area contributed by atoms with Crippen molar-refractivity contribution < 1.29 is 14.3 Å². The van der Waals surface area contributed by atoms with Gasteiger partial charge in [0.2, 0.25) is 0 Å². The van der Waals surface area contributed by atoms with Gasteiger partial charge in [-0.05, 0) is 42.9 Å². The fourth-order valence-corrected chi connectivity index (χ4v) is 3.67. The van der Waals surface area contributed by atoms with Gasteiger partial charge in [-0.2, -0.15) is 23.6 Å². The minimum atomic E-state index is -0.374. The number of aryl methyl sites for hydroxylation is 1. The van der Waals surface area contributed by atoms with Gasteiger partial charge in [0, 0.05) is 37.4 Å². The number of aliphatic hydroxyl groups is 1. The van der Waals surface area contributed by atoms with E-state index < -0.39 is 0 Å². The lowest BCUT2D eigenvalue weighted by Gasteiger charge is -2.11. The summed E-state index contributed by atoms with van der Waals surface area (Å²) in [5.74, 6) is 0.181. The lowest BCUT2D eigenvalue weighted by molar-refractivity contribution is 0.102. The number of oxazole rings is 1. The van der Waals surface area contributed by atoms with Crippen molar-refractivity contribution in [1.82, 2.24) is 14.8 Å². The van der Waals surface area contributed by atoms with Crippen LogP contribution in [0.2, 0.25) is 0 Å². The molecule has 2 aliphatic rings. The monoisotopic (exact) mass is 401 g/mol. The fourth-order valence-electron chi connectivity index (χ4n) is 3.67. The Hall–Kier alpha value is -2.52. The number of carbonyl (C=O) groups is 1. The van der Waals surface area contributed by atoms with Gasteiger partial charge in [-0.1, -0.05) is 0 Å². The number of anilines is 2. The van der Waals surface area contributed by atoms with E-state index in [0.717, 1.165) is 35.0 Å². The molecule has 1 saturated carbocycles. The van der Waals surface area contributed by atoms with Crippen LogP contribution in [0, 0.1) is 0 Å². The SMILES string of the molecule is Cn1cc2cc(NC(=O)c3coc(N4CC[C@H](O)C4)n3)c(C3CC3)cc2n1.S. The van der Waals surface area contributed by atoms with E-state index in [4.69, 9.17) is 4.42 Å². The quantitative estimate of drug-likeness (QED) is 0.697. The van der Waals surface area contributed by atoms with Crippen LogP contribution in [0.25, 0.3) is 10.9 Å². The van der Waals surface area contributed by atoms with Crippen LogP contribution < -0.4 is 10.2 Å². The Balaban J connectivity index is 0.00000192. The van der Waals surface area contributed by atoms with E-state index in [1.165, 1.54) is 6.26 Å². The number of aliphatic hydroxyl groups excluding tert-OH is 1. The van der Waals surface area contributed by atoms with Crippen molar-refractivity contribution >= 4 is 42.0 Å². The minimum absolute atomic E-state index is 0. The van der Waals surface area contributed by atoms with Crippen molar-refractivity contribution in [3.8, 4) is 0 Å². The van der Waals surface area contributed by atoms with Gasteiger partial charge in [-0.3, -0.25) is 9.48 Å². The number of amides is 1. The van der Waals surface area contributed by atoms with E-state index in [1.54, 1.807) is 4.68 Å². The molecule has 1 aliphatic heterocycles. The van der Waals surface area contributed by atoms with Crippen molar-refractivity contribution in [2.75, 3.05) is 23.3 Å². The summed E-state index contributed by atoms with van der Waals surface area (Å²) in [6.45, 7) is 1.15. The molecule has 0 radical (unpaired) electrons. The molecule has 5 rings (SSSR count). The number of hydrogen-bond donors (Lipinski definition) is 2.